The SMILES string of the molecule is CCOc1cc(CS(=O)(=O)C=Cc2ccc(O)cc2)ccc1OC. The highest BCUT2D eigenvalue weighted by molar-refractivity contribution is 7.93. The summed E-state index contributed by atoms with van der Waals surface area (Å²) in [7, 11) is -1.90. The van der Waals surface area contributed by atoms with E-state index >= 15 is 0 Å². The Kier molecular flexibility index (Phi) is 5.87. The van der Waals surface area contributed by atoms with Gasteiger partial charge in [0.15, 0.2) is 21.3 Å². The van der Waals surface area contributed by atoms with E-state index in [4.69, 9.17) is 9.47 Å². The fraction of sp³-hybridized carbons (Fsp3) is 0.222. The first-order chi connectivity index (χ1) is 11.4. The molecule has 0 aliphatic carbocycles. The first-order valence-electron chi connectivity index (χ1n) is 7.43. The third-order valence-electron chi connectivity index (χ3n) is 3.26. The zero-order valence-electron chi connectivity index (χ0n) is 13.6. The topological polar surface area (TPSA) is 72.8 Å². The Balaban J connectivity index is 2.16. The van der Waals surface area contributed by atoms with Crippen LogP contribution in [0.15, 0.2) is 47.9 Å². The molecule has 0 saturated carbocycles. The highest BCUT2D eigenvalue weighted by atomic mass is 32.2. The van der Waals surface area contributed by atoms with E-state index in [1.807, 2.05) is 6.92 Å². The van der Waals surface area contributed by atoms with Crippen molar-refractivity contribution in [3.8, 4) is 17.2 Å². The van der Waals surface area contributed by atoms with Gasteiger partial charge in [-0.25, -0.2) is 8.42 Å². The number of rotatable bonds is 7. The smallest absolute Gasteiger partial charge is 0.175 e. The van der Waals surface area contributed by atoms with Crippen LogP contribution in [-0.2, 0) is 15.6 Å². The predicted molar refractivity (Wildman–Crippen MR) is 93.9 cm³/mol. The van der Waals surface area contributed by atoms with Crippen molar-refractivity contribution in [1.29, 1.82) is 0 Å². The first kappa shape index (κ1) is 17.9. The van der Waals surface area contributed by atoms with Crippen molar-refractivity contribution < 1.29 is 23.0 Å². The molecule has 6 heteroatoms. The monoisotopic (exact) mass is 348 g/mol. The molecule has 0 aromatic heterocycles. The summed E-state index contributed by atoms with van der Waals surface area (Å²) in [6.45, 7) is 2.32. The summed E-state index contributed by atoms with van der Waals surface area (Å²) in [5.74, 6) is 1.09. The van der Waals surface area contributed by atoms with E-state index in [0.29, 0.717) is 29.2 Å². The average Bonchev–Trinajstić information content (AvgIpc) is 2.55. The minimum Gasteiger partial charge on any atom is -0.508 e. The van der Waals surface area contributed by atoms with Gasteiger partial charge in [-0.15, -0.1) is 0 Å². The van der Waals surface area contributed by atoms with Crippen molar-refractivity contribution in [3.63, 3.8) is 0 Å². The fourth-order valence-electron chi connectivity index (χ4n) is 2.13. The minimum absolute atomic E-state index is 0.133. The van der Waals surface area contributed by atoms with Gasteiger partial charge in [0.1, 0.15) is 5.75 Å². The lowest BCUT2D eigenvalue weighted by atomic mass is 10.2. The molecule has 0 heterocycles. The molecule has 0 amide bonds. The van der Waals surface area contributed by atoms with Gasteiger partial charge in [0, 0.05) is 5.41 Å². The van der Waals surface area contributed by atoms with Crippen molar-refractivity contribution in [1.82, 2.24) is 0 Å². The Hall–Kier alpha value is -2.47. The molecule has 2 aromatic rings. The number of aromatic hydroxyl groups is 1. The molecule has 0 atom stereocenters. The molecule has 0 unspecified atom stereocenters. The van der Waals surface area contributed by atoms with Gasteiger partial charge in [-0.2, -0.15) is 0 Å². The average molecular weight is 348 g/mol. The van der Waals surface area contributed by atoms with Crippen LogP contribution < -0.4 is 9.47 Å². The number of phenols is 1. The number of ether oxygens (including phenoxy) is 2. The van der Waals surface area contributed by atoms with Crippen molar-refractivity contribution >= 4 is 15.9 Å². The zero-order valence-corrected chi connectivity index (χ0v) is 14.4. The molecule has 0 aliphatic rings. The molecule has 2 aromatic carbocycles. The molecule has 0 radical (unpaired) electrons. The summed E-state index contributed by atoms with van der Waals surface area (Å²) in [5.41, 5.74) is 1.32. The van der Waals surface area contributed by atoms with Gasteiger partial charge in [-0.3, -0.25) is 0 Å². The minimum atomic E-state index is -3.43. The Bertz CT molecular complexity index is 808. The number of sulfone groups is 1. The second-order valence-electron chi connectivity index (χ2n) is 5.12. The predicted octanol–water partition coefficient (Wildman–Crippen LogP) is 3.39. The molecular formula is C18H20O5S. The molecule has 0 fully saturated rings. The maximum Gasteiger partial charge on any atom is 0.175 e. The third kappa shape index (κ3) is 5.03. The Morgan fingerprint density at radius 1 is 1.08 bits per heavy atom. The van der Waals surface area contributed by atoms with Gasteiger partial charge in [-0.05, 0) is 48.4 Å². The van der Waals surface area contributed by atoms with E-state index in [0.717, 1.165) is 0 Å². The lowest BCUT2D eigenvalue weighted by Crippen LogP contribution is -2.02. The summed E-state index contributed by atoms with van der Waals surface area (Å²) in [6, 6.07) is 11.4. The highest BCUT2D eigenvalue weighted by Gasteiger charge is 2.11. The van der Waals surface area contributed by atoms with Gasteiger partial charge in [0.05, 0.1) is 19.5 Å². The van der Waals surface area contributed by atoms with E-state index in [2.05, 4.69) is 0 Å². The summed E-state index contributed by atoms with van der Waals surface area (Å²) in [4.78, 5) is 0. The Morgan fingerprint density at radius 3 is 2.42 bits per heavy atom. The van der Waals surface area contributed by atoms with E-state index in [-0.39, 0.29) is 11.5 Å². The Morgan fingerprint density at radius 2 is 1.79 bits per heavy atom. The lowest BCUT2D eigenvalue weighted by Gasteiger charge is -2.10. The van der Waals surface area contributed by atoms with Gasteiger partial charge in [0.2, 0.25) is 0 Å². The number of methoxy groups -OCH3 is 1. The summed E-state index contributed by atoms with van der Waals surface area (Å²) < 4.78 is 35.2. The van der Waals surface area contributed by atoms with Crippen LogP contribution in [0.2, 0.25) is 0 Å². The molecule has 0 aliphatic heterocycles. The van der Waals surface area contributed by atoms with E-state index in [1.165, 1.54) is 30.7 Å². The van der Waals surface area contributed by atoms with E-state index in [9.17, 15) is 13.5 Å². The second-order valence-corrected chi connectivity index (χ2v) is 7.01. The third-order valence-corrected chi connectivity index (χ3v) is 4.54. The van der Waals surface area contributed by atoms with Gasteiger partial charge in [-0.1, -0.05) is 18.2 Å². The van der Waals surface area contributed by atoms with Crippen molar-refractivity contribution in [2.45, 2.75) is 12.7 Å². The highest BCUT2D eigenvalue weighted by Crippen LogP contribution is 2.29. The van der Waals surface area contributed by atoms with E-state index in [1.54, 1.807) is 30.3 Å². The maximum atomic E-state index is 12.3. The van der Waals surface area contributed by atoms with Crippen molar-refractivity contribution in [2.75, 3.05) is 13.7 Å². The van der Waals surface area contributed by atoms with Crippen LogP contribution >= 0.6 is 0 Å². The van der Waals surface area contributed by atoms with Crippen LogP contribution in [-0.4, -0.2) is 27.2 Å². The normalized spacial score (nSPS) is 11.6. The quantitative estimate of drug-likeness (QED) is 0.830. The lowest BCUT2D eigenvalue weighted by molar-refractivity contribution is 0.310. The second kappa shape index (κ2) is 7.88. The van der Waals surface area contributed by atoms with Crippen LogP contribution in [0.3, 0.4) is 0 Å². The maximum absolute atomic E-state index is 12.3. The first-order valence-corrected chi connectivity index (χ1v) is 9.14. The van der Waals surface area contributed by atoms with Crippen LogP contribution in [0, 0.1) is 0 Å². The van der Waals surface area contributed by atoms with Crippen molar-refractivity contribution in [2.24, 2.45) is 0 Å². The largest absolute Gasteiger partial charge is 0.508 e. The number of phenolic OH excluding ortho intramolecular Hbond substituents is 1. The summed E-state index contributed by atoms with van der Waals surface area (Å²) >= 11 is 0. The van der Waals surface area contributed by atoms with Crippen LogP contribution in [0.25, 0.3) is 6.08 Å². The standard InChI is InChI=1S/C18H20O5S/c1-3-23-18-12-15(6-9-17(18)22-2)13-24(20,21)11-10-14-4-7-16(19)8-5-14/h4-12,19H,3,13H2,1-2H3. The molecule has 0 spiro atoms. The molecule has 1 N–H and O–H groups in total. The van der Waals surface area contributed by atoms with Crippen LogP contribution in [0.5, 0.6) is 17.2 Å². The number of benzene rings is 2. The number of hydrogen-bond donors (Lipinski definition) is 1. The number of hydrogen-bond acceptors (Lipinski definition) is 5. The van der Waals surface area contributed by atoms with Gasteiger partial charge < -0.3 is 14.6 Å². The molecule has 0 bridgehead atoms. The molecule has 24 heavy (non-hydrogen) atoms. The van der Waals surface area contributed by atoms with Gasteiger partial charge >= 0.3 is 0 Å². The summed E-state index contributed by atoms with van der Waals surface area (Å²) in [6.07, 6.45) is 1.50. The zero-order chi connectivity index (χ0) is 17.6. The van der Waals surface area contributed by atoms with Crippen molar-refractivity contribution in [3.05, 3.63) is 59.0 Å². The van der Waals surface area contributed by atoms with E-state index < -0.39 is 9.84 Å². The summed E-state index contributed by atoms with van der Waals surface area (Å²) in [5, 5.41) is 10.4. The molecule has 128 valence electrons. The molecule has 2 rings (SSSR count). The fourth-order valence-corrected chi connectivity index (χ4v) is 3.23. The molecule has 5 nitrogen and oxygen atoms in total. The van der Waals surface area contributed by atoms with Crippen LogP contribution in [0.1, 0.15) is 18.1 Å². The molecule has 0 saturated heterocycles. The van der Waals surface area contributed by atoms with Gasteiger partial charge in [0.25, 0.3) is 0 Å². The Labute approximate surface area is 142 Å². The van der Waals surface area contributed by atoms with Crippen LogP contribution in [0.4, 0.5) is 0 Å². The molecular weight excluding hydrogens is 328 g/mol.